The van der Waals surface area contributed by atoms with Crippen LogP contribution in [0.2, 0.25) is 0 Å². The van der Waals surface area contributed by atoms with Crippen LogP contribution < -0.4 is 0 Å². The summed E-state index contributed by atoms with van der Waals surface area (Å²) in [6, 6.07) is 86.1. The molecular weight excluding hydrogens is 811 g/mol. The van der Waals surface area contributed by atoms with Crippen LogP contribution in [0.25, 0.3) is 99.3 Å². The minimum Gasteiger partial charge on any atom is -0.309 e. The quantitative estimate of drug-likeness (QED) is 0.0685. The Morgan fingerprint density at radius 1 is 0.373 bits per heavy atom. The molecule has 0 amide bonds. The van der Waals surface area contributed by atoms with Crippen molar-refractivity contribution < 1.29 is 0 Å². The smallest absolute Gasteiger partial charge is 0.152 e. The Labute approximate surface area is 389 Å². The summed E-state index contributed by atoms with van der Waals surface area (Å²) in [7, 11) is 0. The molecule has 0 bridgehead atoms. The van der Waals surface area contributed by atoms with Crippen molar-refractivity contribution in [2.24, 2.45) is 4.99 Å². The summed E-state index contributed by atoms with van der Waals surface area (Å²) in [4.78, 5) is 4.90. The van der Waals surface area contributed by atoms with Gasteiger partial charge in [0.15, 0.2) is 5.84 Å². The minimum atomic E-state index is 0.216. The molecule has 0 saturated carbocycles. The number of hydrogen-bond donors (Lipinski definition) is 1. The molecule has 0 saturated heterocycles. The van der Waals surface area contributed by atoms with Crippen LogP contribution in [0, 0.1) is 5.41 Å². The van der Waals surface area contributed by atoms with Gasteiger partial charge in [-0.1, -0.05) is 212 Å². The molecule has 0 radical (unpaired) electrons. The highest BCUT2D eigenvalue weighted by atomic mass is 15.0. The maximum absolute atomic E-state index is 8.96. The van der Waals surface area contributed by atoms with Gasteiger partial charge in [-0.15, -0.1) is 0 Å². The topological polar surface area (TPSA) is 41.1 Å². The number of benzene rings is 11. The fraction of sp³-hybridized carbons (Fsp3) is 0. The lowest BCUT2D eigenvalue weighted by Gasteiger charge is -2.14. The Morgan fingerprint density at radius 2 is 0.940 bits per heavy atom. The number of rotatable bonds is 8. The van der Waals surface area contributed by atoms with Gasteiger partial charge < -0.3 is 4.57 Å². The Kier molecular flexibility index (Phi) is 10.00. The molecule has 11 aromatic carbocycles. The molecule has 12 rings (SSSR count). The summed E-state index contributed by atoms with van der Waals surface area (Å²) in [5, 5.41) is 19.0. The summed E-state index contributed by atoms with van der Waals surface area (Å²) in [5.74, 6) is 0.216. The highest BCUT2D eigenvalue weighted by Gasteiger charge is 2.15. The first-order valence-corrected chi connectivity index (χ1v) is 22.8. The van der Waals surface area contributed by atoms with Crippen molar-refractivity contribution in [2.45, 2.75) is 0 Å². The van der Waals surface area contributed by atoms with Crippen LogP contribution in [0.1, 0.15) is 16.7 Å². The zero-order valence-electron chi connectivity index (χ0n) is 36.6. The van der Waals surface area contributed by atoms with E-state index < -0.39 is 0 Å². The Balaban J connectivity index is 0.838. The molecule has 1 heterocycles. The van der Waals surface area contributed by atoms with Gasteiger partial charge in [0.25, 0.3) is 0 Å². The average molecular weight is 854 g/mol. The predicted molar refractivity (Wildman–Crippen MR) is 285 cm³/mol. The molecular formula is C64H43N3. The number of nitrogens with one attached hydrogen (secondary N) is 1. The Bertz CT molecular complexity index is 3880. The van der Waals surface area contributed by atoms with E-state index in [4.69, 9.17) is 10.4 Å². The van der Waals surface area contributed by atoms with Crippen molar-refractivity contribution in [1.29, 1.82) is 5.41 Å². The molecule has 0 aliphatic carbocycles. The molecule has 0 unspecified atom stereocenters. The zero-order chi connectivity index (χ0) is 44.7. The molecule has 1 aromatic heterocycles. The third-order valence-electron chi connectivity index (χ3n) is 13.1. The number of allylic oxidation sites excluding steroid dienone is 1. The van der Waals surface area contributed by atoms with Gasteiger partial charge in [0.1, 0.15) is 0 Å². The van der Waals surface area contributed by atoms with Crippen molar-refractivity contribution >= 4 is 71.7 Å². The van der Waals surface area contributed by atoms with Gasteiger partial charge in [-0.3, -0.25) is 5.41 Å². The van der Waals surface area contributed by atoms with Crippen LogP contribution in [0.15, 0.2) is 254 Å². The van der Waals surface area contributed by atoms with Gasteiger partial charge in [0.2, 0.25) is 0 Å². The van der Waals surface area contributed by atoms with Crippen LogP contribution >= 0.6 is 0 Å². The molecule has 3 heteroatoms. The van der Waals surface area contributed by atoms with Gasteiger partial charge in [0.05, 0.1) is 16.7 Å². The van der Waals surface area contributed by atoms with Crippen molar-refractivity contribution in [1.82, 2.24) is 4.57 Å². The fourth-order valence-electron chi connectivity index (χ4n) is 9.74. The highest BCUT2D eigenvalue weighted by molar-refractivity contribution is 6.20. The number of para-hydroxylation sites is 2. The van der Waals surface area contributed by atoms with Crippen molar-refractivity contribution in [3.8, 4) is 39.1 Å². The second-order valence-electron chi connectivity index (χ2n) is 17.1. The van der Waals surface area contributed by atoms with Crippen molar-refractivity contribution in [3.63, 3.8) is 0 Å². The third kappa shape index (κ3) is 7.39. The molecule has 3 nitrogen and oxygen atoms in total. The van der Waals surface area contributed by atoms with Crippen LogP contribution in [0.4, 0.5) is 0 Å². The van der Waals surface area contributed by atoms with E-state index in [9.17, 15) is 0 Å². The van der Waals surface area contributed by atoms with E-state index in [1.54, 1.807) is 0 Å². The monoisotopic (exact) mass is 853 g/mol. The summed E-state index contributed by atoms with van der Waals surface area (Å²) >= 11 is 0. The predicted octanol–water partition coefficient (Wildman–Crippen LogP) is 16.8. The highest BCUT2D eigenvalue weighted by Crippen LogP contribution is 2.40. The molecule has 0 aliphatic heterocycles. The van der Waals surface area contributed by atoms with Crippen LogP contribution in [-0.2, 0) is 0 Å². The molecule has 0 atom stereocenters. The number of aromatic nitrogens is 1. The number of aliphatic imine (C=N–C) groups is 1. The lowest BCUT2D eigenvalue weighted by atomic mass is 9.89. The number of amidine groups is 1. The van der Waals surface area contributed by atoms with Crippen LogP contribution in [0.5, 0.6) is 0 Å². The van der Waals surface area contributed by atoms with E-state index in [0.29, 0.717) is 0 Å². The van der Waals surface area contributed by atoms with Crippen LogP contribution in [-0.4, -0.2) is 16.1 Å². The number of hydrogen-bond acceptors (Lipinski definition) is 1. The first-order chi connectivity index (χ1) is 33.1. The average Bonchev–Trinajstić information content (AvgIpc) is 3.73. The minimum absolute atomic E-state index is 0.216. The van der Waals surface area contributed by atoms with E-state index >= 15 is 0 Å². The summed E-state index contributed by atoms with van der Waals surface area (Å²) in [5.41, 5.74) is 14.0. The Hall–Kier alpha value is -8.92. The SMILES string of the molecule is N=C(N=C(/C=C/c1ccc(-c2ccc(-c3c4ccccc4cc4c3ccc3ccccc34)cc2)cc1)c1ccc(-c2ccc3c(c2)c2ccccc2n3-c2ccccc2)cc1)c1ccccc1. The van der Waals surface area contributed by atoms with Gasteiger partial charge in [-0.2, -0.15) is 0 Å². The van der Waals surface area contributed by atoms with Crippen LogP contribution in [0.3, 0.4) is 0 Å². The fourth-order valence-corrected chi connectivity index (χ4v) is 9.74. The molecule has 0 spiro atoms. The molecule has 314 valence electrons. The van der Waals surface area contributed by atoms with Gasteiger partial charge in [-0.25, -0.2) is 4.99 Å². The summed E-state index contributed by atoms with van der Waals surface area (Å²) < 4.78 is 2.34. The summed E-state index contributed by atoms with van der Waals surface area (Å²) in [6.45, 7) is 0. The first kappa shape index (κ1) is 39.7. The molecule has 0 fully saturated rings. The van der Waals surface area contributed by atoms with E-state index in [1.165, 1.54) is 65.3 Å². The van der Waals surface area contributed by atoms with Gasteiger partial charge in [0, 0.05) is 27.6 Å². The molecule has 67 heavy (non-hydrogen) atoms. The third-order valence-corrected chi connectivity index (χ3v) is 13.1. The Morgan fingerprint density at radius 3 is 1.70 bits per heavy atom. The maximum atomic E-state index is 8.96. The normalized spacial score (nSPS) is 12.0. The van der Waals surface area contributed by atoms with E-state index in [1.807, 2.05) is 36.4 Å². The number of fused-ring (bicyclic) bond motifs is 7. The van der Waals surface area contributed by atoms with Crippen molar-refractivity contribution in [2.75, 3.05) is 0 Å². The lowest BCUT2D eigenvalue weighted by Crippen LogP contribution is -2.03. The molecule has 1 N–H and O–H groups in total. The summed E-state index contributed by atoms with van der Waals surface area (Å²) in [6.07, 6.45) is 4.11. The lowest BCUT2D eigenvalue weighted by molar-refractivity contribution is 1.18. The first-order valence-electron chi connectivity index (χ1n) is 22.8. The second-order valence-corrected chi connectivity index (χ2v) is 17.1. The maximum Gasteiger partial charge on any atom is 0.152 e. The van der Waals surface area contributed by atoms with E-state index in [2.05, 4.69) is 223 Å². The molecule has 12 aromatic rings. The van der Waals surface area contributed by atoms with Gasteiger partial charge in [-0.05, 0) is 114 Å². The van der Waals surface area contributed by atoms with E-state index in [-0.39, 0.29) is 5.84 Å². The van der Waals surface area contributed by atoms with Gasteiger partial charge >= 0.3 is 0 Å². The second kappa shape index (κ2) is 16.9. The van der Waals surface area contributed by atoms with E-state index in [0.717, 1.165) is 50.3 Å². The molecule has 0 aliphatic rings. The zero-order valence-corrected chi connectivity index (χ0v) is 36.6. The number of nitrogens with zero attached hydrogens (tertiary/aromatic N) is 2. The standard InChI is InChI=1S/C64H43N3/c65-64(50-14-3-1-4-15-50)66-60(48-32-28-46(29-33-48)51-37-40-62-59(41-51)56-21-11-12-22-61(56)67(62)53-17-5-2-6-18-53)39-25-43-23-26-44(27-24-43)45-30-34-49(35-31-45)63-55-20-10-8-16-52(55)42-58-54-19-9-7-13-47(54)36-38-57(58)63/h1-42,65H/b39-25+,65-64?,66-60?. The van der Waals surface area contributed by atoms with Crippen molar-refractivity contribution in [3.05, 3.63) is 265 Å². The largest absolute Gasteiger partial charge is 0.309 e.